The smallest absolute Gasteiger partial charge is 0.0163 e. The highest BCUT2D eigenvalue weighted by atomic mass is 14.1. The van der Waals surface area contributed by atoms with Crippen LogP contribution in [0.4, 0.5) is 0 Å². The van der Waals surface area contributed by atoms with Crippen molar-refractivity contribution in [2.45, 2.75) is 38.5 Å². The molecule has 0 saturated heterocycles. The summed E-state index contributed by atoms with van der Waals surface area (Å²) in [7, 11) is 0. The first-order valence-corrected chi connectivity index (χ1v) is 6.33. The van der Waals surface area contributed by atoms with E-state index < -0.39 is 0 Å². The van der Waals surface area contributed by atoms with Gasteiger partial charge in [0.1, 0.15) is 0 Å². The molecule has 2 aliphatic carbocycles. The van der Waals surface area contributed by atoms with E-state index in [2.05, 4.69) is 48.6 Å². The lowest BCUT2D eigenvalue weighted by atomic mass is 9.93. The lowest BCUT2D eigenvalue weighted by molar-refractivity contribution is 0.808. The van der Waals surface area contributed by atoms with Gasteiger partial charge in [0, 0.05) is 0 Å². The van der Waals surface area contributed by atoms with Crippen LogP contribution in [0.2, 0.25) is 0 Å². The minimum absolute atomic E-state index is 1.10. The highest BCUT2D eigenvalue weighted by Crippen LogP contribution is 2.24. The van der Waals surface area contributed by atoms with Crippen molar-refractivity contribution in [1.29, 1.82) is 0 Å². The van der Waals surface area contributed by atoms with Crippen molar-refractivity contribution in [3.8, 4) is 0 Å². The molecule has 2 rings (SSSR count). The topological polar surface area (TPSA) is 0 Å². The van der Waals surface area contributed by atoms with Crippen LogP contribution in [-0.4, -0.2) is 0 Å². The van der Waals surface area contributed by atoms with Crippen LogP contribution >= 0.6 is 0 Å². The lowest BCUT2D eigenvalue weighted by Gasteiger charge is -2.13. The minimum atomic E-state index is 1.10. The molecular formula is C16H20. The Morgan fingerprint density at radius 3 is 2.75 bits per heavy atom. The summed E-state index contributed by atoms with van der Waals surface area (Å²) in [6, 6.07) is 0. The summed E-state index contributed by atoms with van der Waals surface area (Å²) in [6.45, 7) is 0. The number of rotatable bonds is 1. The predicted octanol–water partition coefficient (Wildman–Crippen LogP) is 4.88. The Balaban J connectivity index is 2.12. The van der Waals surface area contributed by atoms with Crippen molar-refractivity contribution >= 4 is 0 Å². The molecule has 0 atom stereocenters. The maximum absolute atomic E-state index is 2.40. The van der Waals surface area contributed by atoms with Crippen LogP contribution in [0.15, 0.2) is 59.8 Å². The average molecular weight is 212 g/mol. The van der Waals surface area contributed by atoms with Gasteiger partial charge in [-0.1, -0.05) is 48.6 Å². The molecule has 0 bridgehead atoms. The van der Waals surface area contributed by atoms with Crippen LogP contribution in [0.3, 0.4) is 0 Å². The van der Waals surface area contributed by atoms with Gasteiger partial charge in [0.2, 0.25) is 0 Å². The third-order valence-electron chi connectivity index (χ3n) is 3.13. The summed E-state index contributed by atoms with van der Waals surface area (Å²) in [5, 5.41) is 0. The molecule has 16 heavy (non-hydrogen) atoms. The zero-order chi connectivity index (χ0) is 11.1. The quantitative estimate of drug-likeness (QED) is 0.544. The Labute approximate surface area is 98.8 Å². The normalized spacial score (nSPS) is 21.5. The van der Waals surface area contributed by atoms with Gasteiger partial charge in [-0.15, -0.1) is 0 Å². The maximum Gasteiger partial charge on any atom is -0.0163 e. The predicted molar refractivity (Wildman–Crippen MR) is 71.3 cm³/mol. The molecule has 0 aromatic rings. The molecule has 0 aromatic carbocycles. The van der Waals surface area contributed by atoms with Gasteiger partial charge in [0.25, 0.3) is 0 Å². The maximum atomic E-state index is 2.40. The van der Waals surface area contributed by atoms with Gasteiger partial charge >= 0.3 is 0 Å². The summed E-state index contributed by atoms with van der Waals surface area (Å²) in [4.78, 5) is 0. The molecule has 0 heteroatoms. The fourth-order valence-corrected chi connectivity index (χ4v) is 2.23. The molecule has 2 aliphatic rings. The van der Waals surface area contributed by atoms with Gasteiger partial charge in [-0.3, -0.25) is 0 Å². The molecule has 0 saturated carbocycles. The summed E-state index contributed by atoms with van der Waals surface area (Å²) < 4.78 is 0. The molecule has 0 radical (unpaired) electrons. The van der Waals surface area contributed by atoms with Crippen molar-refractivity contribution < 1.29 is 0 Å². The molecule has 0 aliphatic heterocycles. The second-order valence-electron chi connectivity index (χ2n) is 4.37. The lowest BCUT2D eigenvalue weighted by Crippen LogP contribution is -1.93. The number of allylic oxidation sites excluding steroid dienone is 10. The summed E-state index contributed by atoms with van der Waals surface area (Å²) in [5.41, 5.74) is 3.11. The summed E-state index contributed by atoms with van der Waals surface area (Å²) in [5.74, 6) is 0. The highest BCUT2D eigenvalue weighted by molar-refractivity contribution is 5.36. The first kappa shape index (κ1) is 11.2. The van der Waals surface area contributed by atoms with Crippen molar-refractivity contribution in [3.63, 3.8) is 0 Å². The molecule has 0 aromatic heterocycles. The molecule has 0 amide bonds. The van der Waals surface area contributed by atoms with Crippen molar-refractivity contribution in [2.24, 2.45) is 0 Å². The van der Waals surface area contributed by atoms with Gasteiger partial charge in [-0.25, -0.2) is 0 Å². The standard InChI is InChI=1S/C16H20/c1-3-7-11-15(12-8-4-1)16-13-9-5-2-6-10-14-16/h1-5,7,11,13H,6,8-10,12,14H2. The molecule has 0 N–H and O–H groups in total. The zero-order valence-electron chi connectivity index (χ0n) is 9.86. The van der Waals surface area contributed by atoms with Crippen LogP contribution in [0, 0.1) is 0 Å². The molecule has 0 nitrogen and oxygen atoms in total. The Kier molecular flexibility index (Phi) is 4.42. The second kappa shape index (κ2) is 6.32. The molecular weight excluding hydrogens is 192 g/mol. The van der Waals surface area contributed by atoms with Gasteiger partial charge in [-0.05, 0) is 49.7 Å². The molecule has 0 unspecified atom stereocenters. The van der Waals surface area contributed by atoms with E-state index in [-0.39, 0.29) is 0 Å². The number of hydrogen-bond donors (Lipinski definition) is 0. The third kappa shape index (κ3) is 3.37. The van der Waals surface area contributed by atoms with Gasteiger partial charge < -0.3 is 0 Å². The van der Waals surface area contributed by atoms with E-state index in [4.69, 9.17) is 0 Å². The fourth-order valence-electron chi connectivity index (χ4n) is 2.23. The minimum Gasteiger partial charge on any atom is -0.0882 e. The van der Waals surface area contributed by atoms with Gasteiger partial charge in [0.15, 0.2) is 0 Å². The van der Waals surface area contributed by atoms with Gasteiger partial charge in [0.05, 0.1) is 0 Å². The van der Waals surface area contributed by atoms with E-state index >= 15 is 0 Å². The summed E-state index contributed by atoms with van der Waals surface area (Å²) in [6.07, 6.45) is 25.2. The van der Waals surface area contributed by atoms with Crippen LogP contribution in [0.5, 0.6) is 0 Å². The van der Waals surface area contributed by atoms with Crippen LogP contribution in [0.1, 0.15) is 38.5 Å². The Morgan fingerprint density at radius 2 is 1.75 bits per heavy atom. The first-order chi connectivity index (χ1) is 7.97. The third-order valence-corrected chi connectivity index (χ3v) is 3.13. The molecule has 84 valence electrons. The average Bonchev–Trinajstić information content (AvgIpc) is 2.18. The Morgan fingerprint density at radius 1 is 0.750 bits per heavy atom. The molecule has 0 spiro atoms. The van der Waals surface area contributed by atoms with Crippen molar-refractivity contribution in [2.75, 3.05) is 0 Å². The highest BCUT2D eigenvalue weighted by Gasteiger charge is 2.05. The van der Waals surface area contributed by atoms with E-state index in [1.807, 2.05) is 0 Å². The number of hydrogen-bond acceptors (Lipinski definition) is 0. The van der Waals surface area contributed by atoms with Gasteiger partial charge in [-0.2, -0.15) is 0 Å². The Hall–Kier alpha value is -1.30. The van der Waals surface area contributed by atoms with E-state index in [1.165, 1.54) is 37.7 Å². The Bertz CT molecular complexity index is 361. The zero-order valence-corrected chi connectivity index (χ0v) is 9.86. The van der Waals surface area contributed by atoms with Crippen molar-refractivity contribution in [3.05, 3.63) is 59.8 Å². The van der Waals surface area contributed by atoms with E-state index in [0.717, 1.165) is 6.42 Å². The van der Waals surface area contributed by atoms with Crippen LogP contribution in [-0.2, 0) is 0 Å². The van der Waals surface area contributed by atoms with Crippen LogP contribution in [0.25, 0.3) is 0 Å². The molecule has 0 heterocycles. The summed E-state index contributed by atoms with van der Waals surface area (Å²) >= 11 is 0. The fraction of sp³-hybridized carbons (Fsp3) is 0.375. The monoisotopic (exact) mass is 212 g/mol. The van der Waals surface area contributed by atoms with Crippen molar-refractivity contribution in [1.82, 2.24) is 0 Å². The van der Waals surface area contributed by atoms with Crippen LogP contribution < -0.4 is 0 Å². The SMILES string of the molecule is C1=CC=C(C2=CCC=CCCC2)CCC=C1. The second-order valence-corrected chi connectivity index (χ2v) is 4.37. The largest absolute Gasteiger partial charge is 0.0882 e. The first-order valence-electron chi connectivity index (χ1n) is 6.33. The van der Waals surface area contributed by atoms with E-state index in [9.17, 15) is 0 Å². The molecule has 0 fully saturated rings. The van der Waals surface area contributed by atoms with E-state index in [0.29, 0.717) is 0 Å². The van der Waals surface area contributed by atoms with E-state index in [1.54, 1.807) is 5.57 Å².